The van der Waals surface area contributed by atoms with Gasteiger partial charge in [-0.1, -0.05) is 11.6 Å². The van der Waals surface area contributed by atoms with Gasteiger partial charge in [-0.25, -0.2) is 2.90 Å². The van der Waals surface area contributed by atoms with E-state index >= 15 is 0 Å². The zero-order chi connectivity index (χ0) is 8.65. The summed E-state index contributed by atoms with van der Waals surface area (Å²) in [6.45, 7) is 0. The van der Waals surface area contributed by atoms with E-state index in [1.807, 2.05) is 0 Å². The summed E-state index contributed by atoms with van der Waals surface area (Å²) in [7, 11) is 0. The van der Waals surface area contributed by atoms with Crippen LogP contribution in [0.2, 0.25) is 5.02 Å². The van der Waals surface area contributed by atoms with Gasteiger partial charge < -0.3 is 0 Å². The molecule has 1 aromatic rings. The number of halogens is 5. The van der Waals surface area contributed by atoms with Crippen molar-refractivity contribution in [1.82, 2.24) is 7.99 Å². The van der Waals surface area contributed by atoms with Crippen molar-refractivity contribution in [1.29, 1.82) is 0 Å². The first-order valence-corrected chi connectivity index (χ1v) is 3.74. The van der Waals surface area contributed by atoms with Crippen LogP contribution < -0.4 is 0 Å². The topological polar surface area (TPSA) is 17.8 Å². The molecule has 0 radical (unpaired) electrons. The van der Waals surface area contributed by atoms with Crippen molar-refractivity contribution >= 4 is 34.5 Å². The van der Waals surface area contributed by atoms with Gasteiger partial charge in [0.05, 0.1) is 34.1 Å². The summed E-state index contributed by atoms with van der Waals surface area (Å²) in [4.78, 5) is 0. The van der Waals surface area contributed by atoms with Gasteiger partial charge in [-0.3, -0.25) is 0 Å². The summed E-state index contributed by atoms with van der Waals surface area (Å²) in [5.74, 6) is 0. The van der Waals surface area contributed by atoms with Gasteiger partial charge in [0.1, 0.15) is 0 Å². The number of hydrogen-bond donors (Lipinski definition) is 0. The highest BCUT2D eigenvalue weighted by molar-refractivity contribution is 14.1. The molecule has 0 bridgehead atoms. The van der Waals surface area contributed by atoms with E-state index in [-0.39, 0.29) is 5.02 Å². The Hall–Kier alpha value is 0.0200. The van der Waals surface area contributed by atoms with E-state index in [0.29, 0.717) is 0 Å². The largest absolute Gasteiger partial charge is 0.436 e. The van der Waals surface area contributed by atoms with Gasteiger partial charge in [0.15, 0.2) is 5.69 Å². The minimum Gasteiger partial charge on any atom is -0.209 e. The lowest BCUT2D eigenvalue weighted by molar-refractivity contribution is -0.141. The predicted molar refractivity (Wildman–Crippen MR) is 41.7 cm³/mol. The summed E-state index contributed by atoms with van der Waals surface area (Å²) in [5.41, 5.74) is -1.05. The van der Waals surface area contributed by atoms with Gasteiger partial charge >= 0.3 is 6.18 Å². The number of hydrogen-bond acceptors (Lipinski definition) is 1. The molecule has 0 aliphatic carbocycles. The number of nitrogens with zero attached hydrogens (tertiary/aromatic N) is 2. The fourth-order valence-electron chi connectivity index (χ4n) is 0.519. The van der Waals surface area contributed by atoms with E-state index in [1.54, 1.807) is 22.9 Å². The first-order chi connectivity index (χ1) is 4.91. The SMILES string of the molecule is FC(F)(F)c1nn(I)cc1Cl. The lowest BCUT2D eigenvalue weighted by Crippen LogP contribution is -2.06. The average Bonchev–Trinajstić information content (AvgIpc) is 2.08. The molecule has 0 aromatic carbocycles. The monoisotopic (exact) mass is 296 g/mol. The minimum atomic E-state index is -4.46. The average molecular weight is 296 g/mol. The van der Waals surface area contributed by atoms with Crippen molar-refractivity contribution in [2.24, 2.45) is 0 Å². The third kappa shape index (κ3) is 1.98. The van der Waals surface area contributed by atoms with E-state index in [4.69, 9.17) is 11.6 Å². The van der Waals surface area contributed by atoms with Crippen LogP contribution >= 0.6 is 34.5 Å². The molecule has 1 heterocycles. The van der Waals surface area contributed by atoms with Crippen LogP contribution in [-0.2, 0) is 6.18 Å². The predicted octanol–water partition coefficient (Wildman–Crippen LogP) is 2.75. The number of rotatable bonds is 0. The second kappa shape index (κ2) is 2.81. The van der Waals surface area contributed by atoms with Crippen molar-refractivity contribution in [2.45, 2.75) is 6.18 Å². The zero-order valence-corrected chi connectivity index (χ0v) is 7.78. The number of aromatic nitrogens is 2. The quantitative estimate of drug-likeness (QED) is 0.673. The maximum atomic E-state index is 11.9. The van der Waals surface area contributed by atoms with E-state index in [0.717, 1.165) is 9.09 Å². The molecule has 0 atom stereocenters. The van der Waals surface area contributed by atoms with Crippen molar-refractivity contribution in [3.63, 3.8) is 0 Å². The van der Waals surface area contributed by atoms with Crippen molar-refractivity contribution < 1.29 is 13.2 Å². The molecule has 0 aliphatic rings. The second-order valence-electron chi connectivity index (χ2n) is 1.71. The first-order valence-electron chi connectivity index (χ1n) is 2.40. The molecule has 7 heteroatoms. The highest BCUT2D eigenvalue weighted by atomic mass is 127. The molecule has 0 spiro atoms. The van der Waals surface area contributed by atoms with Crippen LogP contribution in [0, 0.1) is 0 Å². The molecular formula is C4HClF3IN2. The zero-order valence-electron chi connectivity index (χ0n) is 4.86. The van der Waals surface area contributed by atoms with Crippen LogP contribution in [0.15, 0.2) is 6.20 Å². The normalized spacial score (nSPS) is 12.1. The standard InChI is InChI=1S/C4HClF3IN2/c5-2-1-11(9)10-3(2)4(6,7)8/h1H. The highest BCUT2D eigenvalue weighted by Gasteiger charge is 2.36. The van der Waals surface area contributed by atoms with E-state index < -0.39 is 11.9 Å². The second-order valence-corrected chi connectivity index (χ2v) is 3.11. The highest BCUT2D eigenvalue weighted by Crippen LogP contribution is 2.33. The van der Waals surface area contributed by atoms with Crippen molar-refractivity contribution in [2.75, 3.05) is 0 Å². The Morgan fingerprint density at radius 1 is 1.55 bits per heavy atom. The van der Waals surface area contributed by atoms with E-state index in [2.05, 4.69) is 5.10 Å². The molecule has 2 nitrogen and oxygen atoms in total. The van der Waals surface area contributed by atoms with Gasteiger partial charge in [0, 0.05) is 0 Å². The molecule has 0 aliphatic heterocycles. The van der Waals surface area contributed by atoms with Crippen LogP contribution in [0.4, 0.5) is 13.2 Å². The fraction of sp³-hybridized carbons (Fsp3) is 0.250. The Balaban J connectivity index is 3.13. The molecule has 11 heavy (non-hydrogen) atoms. The maximum Gasteiger partial charge on any atom is 0.436 e. The lowest BCUT2D eigenvalue weighted by atomic mass is 10.4. The van der Waals surface area contributed by atoms with Crippen LogP contribution in [0.1, 0.15) is 5.69 Å². The summed E-state index contributed by atoms with van der Waals surface area (Å²) in [6, 6.07) is 0. The lowest BCUT2D eigenvalue weighted by Gasteiger charge is -2.00. The van der Waals surface area contributed by atoms with E-state index in [9.17, 15) is 13.2 Å². The summed E-state index contributed by atoms with van der Waals surface area (Å²) in [5, 5.41) is 2.75. The molecule has 0 amide bonds. The van der Waals surface area contributed by atoms with Crippen LogP contribution in [0.5, 0.6) is 0 Å². The third-order valence-electron chi connectivity index (χ3n) is 0.910. The van der Waals surface area contributed by atoms with Crippen LogP contribution in [0.3, 0.4) is 0 Å². The molecule has 0 saturated heterocycles. The Kier molecular flexibility index (Phi) is 2.33. The smallest absolute Gasteiger partial charge is 0.209 e. The Morgan fingerprint density at radius 3 is 2.27 bits per heavy atom. The Bertz CT molecular complexity index is 269. The maximum absolute atomic E-state index is 11.9. The molecule has 62 valence electrons. The Labute approximate surface area is 78.8 Å². The molecule has 0 saturated carbocycles. The molecule has 0 N–H and O–H groups in total. The molecule has 0 unspecified atom stereocenters. The van der Waals surface area contributed by atoms with Crippen molar-refractivity contribution in [3.8, 4) is 0 Å². The molecule has 0 fully saturated rings. The van der Waals surface area contributed by atoms with Gasteiger partial charge in [0.25, 0.3) is 0 Å². The van der Waals surface area contributed by atoms with E-state index in [1.165, 1.54) is 0 Å². The van der Waals surface area contributed by atoms with Gasteiger partial charge in [0.2, 0.25) is 0 Å². The minimum absolute atomic E-state index is 0.382. The Morgan fingerprint density at radius 2 is 2.09 bits per heavy atom. The summed E-state index contributed by atoms with van der Waals surface area (Å²) >= 11 is 6.81. The van der Waals surface area contributed by atoms with Crippen LogP contribution in [-0.4, -0.2) is 7.99 Å². The molecular weight excluding hydrogens is 295 g/mol. The summed E-state index contributed by atoms with van der Waals surface area (Å²) in [6.07, 6.45) is -3.38. The number of alkyl halides is 3. The van der Waals surface area contributed by atoms with Gasteiger partial charge in [-0.2, -0.15) is 18.3 Å². The molecule has 1 aromatic heterocycles. The van der Waals surface area contributed by atoms with Gasteiger partial charge in [-0.15, -0.1) is 0 Å². The third-order valence-corrected chi connectivity index (χ3v) is 1.68. The summed E-state index contributed by atoms with van der Waals surface area (Å²) < 4.78 is 36.7. The fourth-order valence-corrected chi connectivity index (χ4v) is 1.42. The van der Waals surface area contributed by atoms with Crippen molar-refractivity contribution in [3.05, 3.63) is 16.9 Å². The molecule has 1 rings (SSSR count). The first kappa shape index (κ1) is 9.11. The van der Waals surface area contributed by atoms with Crippen LogP contribution in [0.25, 0.3) is 0 Å². The van der Waals surface area contributed by atoms with Gasteiger partial charge in [-0.05, 0) is 0 Å².